The lowest BCUT2D eigenvalue weighted by Crippen LogP contribution is -2.46. The van der Waals surface area contributed by atoms with Crippen LogP contribution in [0.1, 0.15) is 32.6 Å². The average Bonchev–Trinajstić information content (AvgIpc) is 2.93. The summed E-state index contributed by atoms with van der Waals surface area (Å²) in [6, 6.07) is 10.2. The number of urea groups is 1. The first-order valence-corrected chi connectivity index (χ1v) is 12.4. The molecule has 0 unspecified atom stereocenters. The molecule has 1 saturated heterocycles. The first-order chi connectivity index (χ1) is 18.3. The third-order valence-electron chi connectivity index (χ3n) is 6.89. The molecule has 11 heteroatoms. The van der Waals surface area contributed by atoms with Gasteiger partial charge in [-0.15, -0.1) is 0 Å². The maximum absolute atomic E-state index is 13.9. The molecule has 2 aliphatic heterocycles. The summed E-state index contributed by atoms with van der Waals surface area (Å²) >= 11 is 0. The summed E-state index contributed by atoms with van der Waals surface area (Å²) in [4.78, 5) is 39.8. The Labute approximate surface area is 220 Å². The number of aromatic nitrogens is 2. The molecule has 3 N–H and O–H groups in total. The van der Waals surface area contributed by atoms with Crippen LogP contribution in [0.3, 0.4) is 0 Å². The van der Waals surface area contributed by atoms with Crippen molar-refractivity contribution < 1.29 is 18.7 Å². The summed E-state index contributed by atoms with van der Waals surface area (Å²) in [6.45, 7) is 5.04. The van der Waals surface area contributed by atoms with Gasteiger partial charge in [0.2, 0.25) is 5.95 Å². The molecule has 0 atom stereocenters. The number of amides is 3. The molecule has 5 rings (SSSR count). The first kappa shape index (κ1) is 25.6. The van der Waals surface area contributed by atoms with E-state index in [1.807, 2.05) is 19.1 Å². The number of anilines is 4. The van der Waals surface area contributed by atoms with Crippen LogP contribution >= 0.6 is 0 Å². The number of nitrogens with one attached hydrogen (secondary N) is 1. The van der Waals surface area contributed by atoms with Crippen molar-refractivity contribution in [3.05, 3.63) is 70.4 Å². The number of hydrogen-bond acceptors (Lipinski definition) is 7. The average molecular weight is 520 g/mol. The van der Waals surface area contributed by atoms with Crippen molar-refractivity contribution in [3.63, 3.8) is 0 Å². The predicted octanol–water partition coefficient (Wildman–Crippen LogP) is 3.50. The minimum absolute atomic E-state index is 0.0998. The van der Waals surface area contributed by atoms with Gasteiger partial charge in [0.05, 0.1) is 25.4 Å². The molecular formula is C27H30FN7O3. The van der Waals surface area contributed by atoms with Gasteiger partial charge in [-0.2, -0.15) is 4.98 Å². The molecule has 10 nitrogen and oxygen atoms in total. The van der Waals surface area contributed by atoms with E-state index in [0.29, 0.717) is 48.1 Å². The second kappa shape index (κ2) is 10.7. The molecular weight excluding hydrogens is 489 g/mol. The van der Waals surface area contributed by atoms with Crippen molar-refractivity contribution in [1.82, 2.24) is 14.9 Å². The number of alkyl halides is 1. The van der Waals surface area contributed by atoms with Gasteiger partial charge in [0.25, 0.3) is 5.91 Å². The van der Waals surface area contributed by atoms with E-state index in [9.17, 15) is 14.0 Å². The van der Waals surface area contributed by atoms with Gasteiger partial charge in [0.15, 0.2) is 0 Å². The number of rotatable bonds is 6. The van der Waals surface area contributed by atoms with Crippen molar-refractivity contribution in [2.45, 2.75) is 26.7 Å². The summed E-state index contributed by atoms with van der Waals surface area (Å²) in [5.41, 5.74) is 10.2. The molecule has 3 amide bonds. The van der Waals surface area contributed by atoms with Crippen LogP contribution in [-0.2, 0) is 24.5 Å². The maximum atomic E-state index is 13.9. The summed E-state index contributed by atoms with van der Waals surface area (Å²) < 4.78 is 19.3. The highest BCUT2D eigenvalue weighted by atomic mass is 19.1. The van der Waals surface area contributed by atoms with Crippen molar-refractivity contribution in [2.24, 2.45) is 0 Å². The molecule has 1 aromatic heterocycles. The minimum Gasteiger partial charge on any atom is -0.379 e. The number of halogens is 1. The quantitative estimate of drug-likeness (QED) is 0.512. The van der Waals surface area contributed by atoms with E-state index in [4.69, 9.17) is 10.5 Å². The third-order valence-corrected chi connectivity index (χ3v) is 6.89. The van der Waals surface area contributed by atoms with Crippen LogP contribution in [0.2, 0.25) is 0 Å². The van der Waals surface area contributed by atoms with Crippen LogP contribution in [0.5, 0.6) is 0 Å². The lowest BCUT2D eigenvalue weighted by atomic mass is 10.0. The number of ether oxygens (including phenoxy) is 1. The topological polar surface area (TPSA) is 117 Å². The molecule has 2 aliphatic rings. The highest BCUT2D eigenvalue weighted by Crippen LogP contribution is 2.33. The Morgan fingerprint density at radius 1 is 1.16 bits per heavy atom. The summed E-state index contributed by atoms with van der Waals surface area (Å²) in [5, 5.41) is 2.89. The number of morpholine rings is 1. The summed E-state index contributed by atoms with van der Waals surface area (Å²) in [7, 11) is 1.63. The molecule has 0 bridgehead atoms. The fourth-order valence-corrected chi connectivity index (χ4v) is 4.74. The number of hydrogen-bond donors (Lipinski definition) is 2. The number of nitrogen functional groups attached to an aromatic ring is 1. The Morgan fingerprint density at radius 3 is 2.71 bits per heavy atom. The molecule has 1 fully saturated rings. The van der Waals surface area contributed by atoms with Crippen LogP contribution in [0.25, 0.3) is 0 Å². The highest BCUT2D eigenvalue weighted by molar-refractivity contribution is 6.07. The Bertz CT molecular complexity index is 1380. The molecule has 0 spiro atoms. The largest absolute Gasteiger partial charge is 0.379 e. The molecule has 0 radical (unpaired) electrons. The van der Waals surface area contributed by atoms with E-state index in [2.05, 4.69) is 20.2 Å². The number of aryl methyl sites for hydroxylation is 1. The van der Waals surface area contributed by atoms with Crippen LogP contribution in [0, 0.1) is 6.92 Å². The van der Waals surface area contributed by atoms with Gasteiger partial charge in [0.1, 0.15) is 12.5 Å². The van der Waals surface area contributed by atoms with E-state index in [1.54, 1.807) is 42.4 Å². The zero-order chi connectivity index (χ0) is 26.8. The van der Waals surface area contributed by atoms with Crippen LogP contribution < -0.4 is 20.9 Å². The molecule has 3 heterocycles. The number of carbonyl (C=O) groups excluding carboxylic acids is 2. The maximum Gasteiger partial charge on any atom is 0.330 e. The predicted molar refractivity (Wildman–Crippen MR) is 143 cm³/mol. The number of nitrogens with zero attached hydrogens (tertiary/aromatic N) is 5. The smallest absolute Gasteiger partial charge is 0.330 e. The second-order valence-electron chi connectivity index (χ2n) is 9.47. The fourth-order valence-electron chi connectivity index (χ4n) is 4.74. The number of carbonyl (C=O) groups is 2. The van der Waals surface area contributed by atoms with E-state index in [1.165, 1.54) is 4.90 Å². The van der Waals surface area contributed by atoms with E-state index >= 15 is 0 Å². The monoisotopic (exact) mass is 519 g/mol. The van der Waals surface area contributed by atoms with Gasteiger partial charge < -0.3 is 15.8 Å². The van der Waals surface area contributed by atoms with Gasteiger partial charge in [-0.3, -0.25) is 19.5 Å². The molecule has 0 aliphatic carbocycles. The standard InChI is InChI=1S/C27H30FN7O3/c1-17-3-6-22(12-23(17)35-16-21-14-30-26(29)32-24(21)33(2)27(35)37)31-25(36)18-4-5-19(20(11-18)13-28)15-34-7-9-38-10-8-34/h3-6,11-12,14H,7-10,13,15-16H2,1-2H3,(H,31,36)(H2,29,30,32). The third kappa shape index (κ3) is 5.15. The van der Waals surface area contributed by atoms with Crippen molar-refractivity contribution in [1.29, 1.82) is 0 Å². The molecule has 198 valence electrons. The number of nitrogens with two attached hydrogens (primary N) is 1. The Morgan fingerprint density at radius 2 is 1.95 bits per heavy atom. The minimum atomic E-state index is -0.656. The molecule has 38 heavy (non-hydrogen) atoms. The number of benzene rings is 2. The van der Waals surface area contributed by atoms with Crippen LogP contribution in [-0.4, -0.2) is 60.2 Å². The van der Waals surface area contributed by atoms with Gasteiger partial charge in [-0.1, -0.05) is 12.1 Å². The Hall–Kier alpha value is -4.09. The zero-order valence-electron chi connectivity index (χ0n) is 21.4. The van der Waals surface area contributed by atoms with Gasteiger partial charge in [-0.05, 0) is 47.9 Å². The number of fused-ring (bicyclic) bond motifs is 1. The SMILES string of the molecule is Cc1ccc(NC(=O)c2ccc(CN3CCOCC3)c(CF)c2)cc1N1Cc2cnc(N)nc2N(C)C1=O. The highest BCUT2D eigenvalue weighted by Gasteiger charge is 2.31. The van der Waals surface area contributed by atoms with Gasteiger partial charge in [0, 0.05) is 49.7 Å². The van der Waals surface area contributed by atoms with E-state index in [-0.39, 0.29) is 24.4 Å². The molecule has 0 saturated carbocycles. The van der Waals surface area contributed by atoms with Crippen molar-refractivity contribution in [2.75, 3.05) is 54.2 Å². The van der Waals surface area contributed by atoms with Crippen LogP contribution in [0.4, 0.5) is 32.3 Å². The van der Waals surface area contributed by atoms with Gasteiger partial charge >= 0.3 is 6.03 Å². The van der Waals surface area contributed by atoms with E-state index in [0.717, 1.165) is 29.8 Å². The second-order valence-corrected chi connectivity index (χ2v) is 9.47. The first-order valence-electron chi connectivity index (χ1n) is 12.4. The summed E-state index contributed by atoms with van der Waals surface area (Å²) in [5.74, 6) is 0.216. The molecule has 2 aromatic carbocycles. The molecule has 3 aromatic rings. The van der Waals surface area contributed by atoms with Crippen molar-refractivity contribution in [3.8, 4) is 0 Å². The Balaban J connectivity index is 1.34. The lowest BCUT2D eigenvalue weighted by Gasteiger charge is -2.34. The lowest BCUT2D eigenvalue weighted by molar-refractivity contribution is 0.0340. The summed E-state index contributed by atoms with van der Waals surface area (Å²) in [6.07, 6.45) is 1.61. The van der Waals surface area contributed by atoms with Crippen LogP contribution in [0.15, 0.2) is 42.6 Å². The normalized spacial score (nSPS) is 15.9. The van der Waals surface area contributed by atoms with Crippen molar-refractivity contribution >= 4 is 35.1 Å². The zero-order valence-corrected chi connectivity index (χ0v) is 21.4. The fraction of sp³-hybridized carbons (Fsp3) is 0.333. The van der Waals surface area contributed by atoms with Gasteiger partial charge in [-0.25, -0.2) is 14.2 Å². The Kier molecular flexibility index (Phi) is 7.21. The van der Waals surface area contributed by atoms with E-state index < -0.39 is 6.67 Å².